The highest BCUT2D eigenvalue weighted by molar-refractivity contribution is 7.88. The van der Waals surface area contributed by atoms with E-state index in [-0.39, 0.29) is 12.1 Å². The minimum Gasteiger partial charge on any atom is -0.385 e. The Hall–Kier alpha value is -1.65. The normalized spacial score (nSPS) is 19.2. The molecule has 1 aliphatic rings. The molecule has 2 heterocycles. The van der Waals surface area contributed by atoms with E-state index in [1.54, 1.807) is 24.1 Å². The SMILES string of the molecule is COCCCn1ccc(NC(=O)NC2CCCN(S(C)(=O)=O)C2)n1. The zero-order valence-electron chi connectivity index (χ0n) is 14.1. The van der Waals surface area contributed by atoms with E-state index in [4.69, 9.17) is 4.74 Å². The lowest BCUT2D eigenvalue weighted by molar-refractivity contribution is 0.189. The molecule has 9 nitrogen and oxygen atoms in total. The van der Waals surface area contributed by atoms with E-state index in [2.05, 4.69) is 15.7 Å². The number of urea groups is 1. The zero-order chi connectivity index (χ0) is 17.6. The maximum absolute atomic E-state index is 12.0. The molecule has 1 unspecified atom stereocenters. The Labute approximate surface area is 142 Å². The van der Waals surface area contributed by atoms with Crippen LogP contribution in [0.15, 0.2) is 12.3 Å². The minimum absolute atomic E-state index is 0.197. The fourth-order valence-corrected chi connectivity index (χ4v) is 3.53. The summed E-state index contributed by atoms with van der Waals surface area (Å²) in [5.41, 5.74) is 0. The van der Waals surface area contributed by atoms with Gasteiger partial charge in [-0.05, 0) is 19.3 Å². The molecule has 136 valence electrons. The first kappa shape index (κ1) is 18.7. The van der Waals surface area contributed by atoms with Crippen molar-refractivity contribution in [1.82, 2.24) is 19.4 Å². The Balaban J connectivity index is 1.80. The highest BCUT2D eigenvalue weighted by atomic mass is 32.2. The van der Waals surface area contributed by atoms with Crippen molar-refractivity contribution in [2.75, 3.05) is 38.4 Å². The second kappa shape index (κ2) is 8.45. The summed E-state index contributed by atoms with van der Waals surface area (Å²) in [5.74, 6) is 0.459. The molecular weight excluding hydrogens is 334 g/mol. The molecule has 0 bridgehead atoms. The van der Waals surface area contributed by atoms with Crippen LogP contribution in [0.2, 0.25) is 0 Å². The van der Waals surface area contributed by atoms with Crippen LogP contribution in [0.4, 0.5) is 10.6 Å². The summed E-state index contributed by atoms with van der Waals surface area (Å²) in [6, 6.07) is 1.14. The van der Waals surface area contributed by atoms with Crippen molar-refractivity contribution in [3.05, 3.63) is 12.3 Å². The van der Waals surface area contributed by atoms with Gasteiger partial charge in [-0.25, -0.2) is 17.5 Å². The summed E-state index contributed by atoms with van der Waals surface area (Å²) < 4.78 is 31.3. The van der Waals surface area contributed by atoms with Gasteiger partial charge in [-0.2, -0.15) is 5.10 Å². The number of sulfonamides is 1. The molecule has 0 aromatic carbocycles. The highest BCUT2D eigenvalue weighted by Crippen LogP contribution is 2.13. The summed E-state index contributed by atoms with van der Waals surface area (Å²) in [7, 11) is -1.58. The first-order valence-electron chi connectivity index (χ1n) is 7.93. The molecule has 0 spiro atoms. The number of methoxy groups -OCH3 is 1. The Morgan fingerprint density at radius 2 is 2.29 bits per heavy atom. The van der Waals surface area contributed by atoms with Crippen LogP contribution in [-0.2, 0) is 21.3 Å². The van der Waals surface area contributed by atoms with Gasteiger partial charge in [0.05, 0.1) is 6.26 Å². The summed E-state index contributed by atoms with van der Waals surface area (Å²) in [5, 5.41) is 9.73. The Morgan fingerprint density at radius 3 is 3.00 bits per heavy atom. The first-order valence-corrected chi connectivity index (χ1v) is 9.78. The zero-order valence-corrected chi connectivity index (χ0v) is 14.9. The largest absolute Gasteiger partial charge is 0.385 e. The van der Waals surface area contributed by atoms with Gasteiger partial charge in [0.1, 0.15) is 0 Å². The molecule has 2 N–H and O–H groups in total. The van der Waals surface area contributed by atoms with Gasteiger partial charge in [-0.15, -0.1) is 0 Å². The quantitative estimate of drug-likeness (QED) is 0.688. The van der Waals surface area contributed by atoms with Crippen LogP contribution in [0, 0.1) is 0 Å². The molecular formula is C14H25N5O4S. The number of rotatable bonds is 7. The van der Waals surface area contributed by atoms with Crippen LogP contribution in [0.3, 0.4) is 0 Å². The number of ether oxygens (including phenoxy) is 1. The van der Waals surface area contributed by atoms with Crippen molar-refractivity contribution in [2.45, 2.75) is 31.8 Å². The van der Waals surface area contributed by atoms with Crippen molar-refractivity contribution in [1.29, 1.82) is 0 Å². The van der Waals surface area contributed by atoms with E-state index in [1.165, 1.54) is 10.6 Å². The Morgan fingerprint density at radius 1 is 1.50 bits per heavy atom. The number of aryl methyl sites for hydroxylation is 1. The van der Waals surface area contributed by atoms with Crippen LogP contribution in [0.1, 0.15) is 19.3 Å². The molecule has 1 aromatic heterocycles. The third-order valence-electron chi connectivity index (χ3n) is 3.81. The van der Waals surface area contributed by atoms with Crippen molar-refractivity contribution in [2.24, 2.45) is 0 Å². The van der Waals surface area contributed by atoms with Gasteiger partial charge in [0.25, 0.3) is 0 Å². The van der Waals surface area contributed by atoms with E-state index in [0.29, 0.717) is 32.1 Å². The standard InChI is InChI=1S/C14H25N5O4S/c1-23-10-4-7-18-9-6-13(17-18)16-14(20)15-12-5-3-8-19(11-12)24(2,21)22/h6,9,12H,3-5,7-8,10-11H2,1-2H3,(H2,15,16,17,20). The lowest BCUT2D eigenvalue weighted by Crippen LogP contribution is -2.50. The predicted octanol–water partition coefficient (Wildman–Crippen LogP) is 0.465. The lowest BCUT2D eigenvalue weighted by Gasteiger charge is -2.31. The van der Waals surface area contributed by atoms with Crippen LogP contribution >= 0.6 is 0 Å². The number of hydrogen-bond acceptors (Lipinski definition) is 5. The molecule has 2 rings (SSSR count). The van der Waals surface area contributed by atoms with Gasteiger partial charge < -0.3 is 10.1 Å². The second-order valence-corrected chi connectivity index (χ2v) is 7.85. The summed E-state index contributed by atoms with van der Waals surface area (Å²) in [6.07, 6.45) is 5.30. The molecule has 0 aliphatic carbocycles. The Kier molecular flexibility index (Phi) is 6.58. The number of nitrogens with zero attached hydrogens (tertiary/aromatic N) is 3. The number of nitrogens with one attached hydrogen (secondary N) is 2. The van der Waals surface area contributed by atoms with Crippen molar-refractivity contribution < 1.29 is 17.9 Å². The molecule has 24 heavy (non-hydrogen) atoms. The fourth-order valence-electron chi connectivity index (χ4n) is 2.62. The number of anilines is 1. The molecule has 0 radical (unpaired) electrons. The molecule has 1 aliphatic heterocycles. The van der Waals surface area contributed by atoms with Crippen molar-refractivity contribution in [3.8, 4) is 0 Å². The minimum atomic E-state index is -3.23. The Bertz CT molecular complexity index is 645. The predicted molar refractivity (Wildman–Crippen MR) is 90.3 cm³/mol. The van der Waals surface area contributed by atoms with Gasteiger partial charge in [0.15, 0.2) is 5.82 Å². The highest BCUT2D eigenvalue weighted by Gasteiger charge is 2.26. The lowest BCUT2D eigenvalue weighted by atomic mass is 10.1. The van der Waals surface area contributed by atoms with E-state index in [0.717, 1.165) is 19.3 Å². The van der Waals surface area contributed by atoms with Gasteiger partial charge >= 0.3 is 6.03 Å². The molecule has 0 saturated carbocycles. The maximum Gasteiger partial charge on any atom is 0.320 e. The summed E-state index contributed by atoms with van der Waals surface area (Å²) >= 11 is 0. The van der Waals surface area contributed by atoms with Crippen molar-refractivity contribution >= 4 is 21.9 Å². The number of piperidine rings is 1. The van der Waals surface area contributed by atoms with E-state index < -0.39 is 10.0 Å². The van der Waals surface area contributed by atoms with E-state index in [9.17, 15) is 13.2 Å². The van der Waals surface area contributed by atoms with Crippen LogP contribution in [0.25, 0.3) is 0 Å². The summed E-state index contributed by atoms with van der Waals surface area (Å²) in [4.78, 5) is 12.0. The third-order valence-corrected chi connectivity index (χ3v) is 5.08. The molecule has 1 aromatic rings. The molecule has 10 heteroatoms. The molecule has 1 fully saturated rings. The molecule has 1 atom stereocenters. The molecule has 1 saturated heterocycles. The van der Waals surface area contributed by atoms with Gasteiger partial charge in [-0.1, -0.05) is 0 Å². The number of amides is 2. The van der Waals surface area contributed by atoms with Crippen LogP contribution in [0.5, 0.6) is 0 Å². The number of aromatic nitrogens is 2. The smallest absolute Gasteiger partial charge is 0.320 e. The molecule has 2 amide bonds. The third kappa shape index (κ3) is 5.77. The topological polar surface area (TPSA) is 106 Å². The fraction of sp³-hybridized carbons (Fsp3) is 0.714. The van der Waals surface area contributed by atoms with E-state index >= 15 is 0 Å². The summed E-state index contributed by atoms with van der Waals surface area (Å²) in [6.45, 7) is 2.17. The average molecular weight is 359 g/mol. The van der Waals surface area contributed by atoms with Gasteiger partial charge in [-0.3, -0.25) is 10.00 Å². The van der Waals surface area contributed by atoms with Gasteiger partial charge in [0, 0.05) is 51.7 Å². The number of hydrogen-bond donors (Lipinski definition) is 2. The second-order valence-electron chi connectivity index (χ2n) is 5.87. The number of carbonyl (C=O) groups excluding carboxylic acids is 1. The van der Waals surface area contributed by atoms with Gasteiger partial charge in [0.2, 0.25) is 10.0 Å². The van der Waals surface area contributed by atoms with Crippen molar-refractivity contribution in [3.63, 3.8) is 0 Å². The number of carbonyl (C=O) groups is 1. The first-order chi connectivity index (χ1) is 11.4. The van der Waals surface area contributed by atoms with Crippen LogP contribution < -0.4 is 10.6 Å². The van der Waals surface area contributed by atoms with Crippen LogP contribution in [-0.4, -0.2) is 67.6 Å². The van der Waals surface area contributed by atoms with E-state index in [1.807, 2.05) is 0 Å². The average Bonchev–Trinajstić information content (AvgIpc) is 2.94. The maximum atomic E-state index is 12.0. The monoisotopic (exact) mass is 359 g/mol.